The zero-order valence-electron chi connectivity index (χ0n) is 9.72. The van der Waals surface area contributed by atoms with Crippen LogP contribution in [0.2, 0.25) is 0 Å². The summed E-state index contributed by atoms with van der Waals surface area (Å²) in [6.45, 7) is 0. The third kappa shape index (κ3) is 1.63. The summed E-state index contributed by atoms with van der Waals surface area (Å²) >= 11 is 0. The van der Waals surface area contributed by atoms with Gasteiger partial charge in [-0.3, -0.25) is 0 Å². The average molecular weight is 214 g/mol. The van der Waals surface area contributed by atoms with Crippen LogP contribution in [0.3, 0.4) is 0 Å². The number of aryl methyl sites for hydroxylation is 1. The maximum Gasteiger partial charge on any atom is 0.0456 e. The van der Waals surface area contributed by atoms with Crippen LogP contribution in [0.15, 0.2) is 30.5 Å². The summed E-state index contributed by atoms with van der Waals surface area (Å²) in [5.74, 6) is 0. The Kier molecular flexibility index (Phi) is 2.25. The second-order valence-electron chi connectivity index (χ2n) is 4.89. The highest BCUT2D eigenvalue weighted by molar-refractivity contribution is 5.83. The fourth-order valence-electron chi connectivity index (χ4n) is 2.49. The lowest BCUT2D eigenvalue weighted by Crippen LogP contribution is -2.27. The maximum atomic E-state index is 3.45. The minimum absolute atomic E-state index is 0.457. The summed E-state index contributed by atoms with van der Waals surface area (Å²) < 4.78 is 0. The van der Waals surface area contributed by atoms with E-state index in [0.29, 0.717) is 5.54 Å². The van der Waals surface area contributed by atoms with Crippen molar-refractivity contribution in [1.29, 1.82) is 0 Å². The lowest BCUT2D eigenvalue weighted by molar-refractivity contribution is 0.510. The van der Waals surface area contributed by atoms with E-state index in [1.807, 2.05) is 0 Å². The van der Waals surface area contributed by atoms with E-state index >= 15 is 0 Å². The number of para-hydroxylation sites is 1. The molecule has 0 atom stereocenters. The lowest BCUT2D eigenvalue weighted by Gasteiger charge is -2.12. The van der Waals surface area contributed by atoms with E-state index in [9.17, 15) is 0 Å². The van der Waals surface area contributed by atoms with Gasteiger partial charge in [0.1, 0.15) is 0 Å². The first-order chi connectivity index (χ1) is 7.83. The summed E-state index contributed by atoms with van der Waals surface area (Å²) in [4.78, 5) is 3.34. The third-order valence-corrected chi connectivity index (χ3v) is 3.93. The van der Waals surface area contributed by atoms with Crippen LogP contribution in [-0.2, 0) is 6.42 Å². The van der Waals surface area contributed by atoms with Crippen LogP contribution in [0.1, 0.15) is 24.8 Å². The molecule has 3 rings (SSSR count). The number of fused-ring (bicyclic) bond motifs is 1. The van der Waals surface area contributed by atoms with Gasteiger partial charge in [0.25, 0.3) is 0 Å². The van der Waals surface area contributed by atoms with Crippen molar-refractivity contribution < 1.29 is 0 Å². The van der Waals surface area contributed by atoms with E-state index < -0.39 is 0 Å². The topological polar surface area (TPSA) is 27.8 Å². The Hall–Kier alpha value is -1.28. The van der Waals surface area contributed by atoms with Crippen LogP contribution in [0.5, 0.6) is 0 Å². The molecular weight excluding hydrogens is 196 g/mol. The Morgan fingerprint density at radius 1 is 1.31 bits per heavy atom. The highest BCUT2D eigenvalue weighted by Crippen LogP contribution is 2.39. The molecule has 0 spiro atoms. The van der Waals surface area contributed by atoms with Gasteiger partial charge in [0.2, 0.25) is 0 Å². The van der Waals surface area contributed by atoms with E-state index in [1.165, 1.54) is 42.1 Å². The highest BCUT2D eigenvalue weighted by atomic mass is 15.0. The Balaban J connectivity index is 1.79. The van der Waals surface area contributed by atoms with Crippen LogP contribution in [-0.4, -0.2) is 17.6 Å². The van der Waals surface area contributed by atoms with E-state index in [1.54, 1.807) is 0 Å². The van der Waals surface area contributed by atoms with Gasteiger partial charge in [0.05, 0.1) is 0 Å². The molecule has 1 aromatic heterocycles. The van der Waals surface area contributed by atoms with Gasteiger partial charge in [-0.1, -0.05) is 18.2 Å². The number of aromatic amines is 1. The summed E-state index contributed by atoms with van der Waals surface area (Å²) in [5, 5.41) is 4.84. The van der Waals surface area contributed by atoms with Gasteiger partial charge in [0, 0.05) is 22.6 Å². The molecule has 2 heteroatoms. The first-order valence-electron chi connectivity index (χ1n) is 6.07. The largest absolute Gasteiger partial charge is 0.361 e. The van der Waals surface area contributed by atoms with Crippen molar-refractivity contribution in [3.05, 3.63) is 36.0 Å². The molecule has 1 aliphatic carbocycles. The van der Waals surface area contributed by atoms with Crippen LogP contribution in [0.25, 0.3) is 10.9 Å². The second kappa shape index (κ2) is 3.63. The second-order valence-corrected chi connectivity index (χ2v) is 4.89. The molecule has 1 heterocycles. The minimum atomic E-state index is 0.457. The van der Waals surface area contributed by atoms with Crippen LogP contribution in [0.4, 0.5) is 0 Å². The first kappa shape index (κ1) is 9.91. The summed E-state index contributed by atoms with van der Waals surface area (Å²) in [5.41, 5.74) is 3.17. The summed E-state index contributed by atoms with van der Waals surface area (Å²) in [6.07, 6.45) is 7.27. The van der Waals surface area contributed by atoms with Crippen molar-refractivity contribution in [3.63, 3.8) is 0 Å². The van der Waals surface area contributed by atoms with E-state index in [0.717, 1.165) is 0 Å². The van der Waals surface area contributed by atoms with Gasteiger partial charge in [-0.2, -0.15) is 0 Å². The fraction of sp³-hybridized carbons (Fsp3) is 0.429. The average Bonchev–Trinajstić information content (AvgIpc) is 3.01. The highest BCUT2D eigenvalue weighted by Gasteiger charge is 2.40. The molecule has 0 unspecified atom stereocenters. The molecule has 1 saturated carbocycles. The zero-order valence-corrected chi connectivity index (χ0v) is 9.72. The zero-order chi connectivity index (χ0) is 11.0. The number of hydrogen-bond donors (Lipinski definition) is 2. The van der Waals surface area contributed by atoms with Crippen molar-refractivity contribution in [1.82, 2.24) is 10.3 Å². The van der Waals surface area contributed by atoms with Crippen molar-refractivity contribution in [3.8, 4) is 0 Å². The molecule has 2 nitrogen and oxygen atoms in total. The summed E-state index contributed by atoms with van der Waals surface area (Å²) in [6, 6.07) is 8.55. The lowest BCUT2D eigenvalue weighted by atomic mass is 10.0. The molecule has 0 saturated heterocycles. The van der Waals surface area contributed by atoms with Crippen molar-refractivity contribution in [2.45, 2.75) is 31.2 Å². The number of nitrogens with one attached hydrogen (secondary N) is 2. The van der Waals surface area contributed by atoms with Crippen molar-refractivity contribution >= 4 is 10.9 Å². The smallest absolute Gasteiger partial charge is 0.0456 e. The van der Waals surface area contributed by atoms with Gasteiger partial charge >= 0.3 is 0 Å². The molecule has 2 N–H and O–H groups in total. The SMILES string of the molecule is CNC1(CCc2c[nH]c3ccccc23)CC1. The molecule has 0 amide bonds. The van der Waals surface area contributed by atoms with Gasteiger partial charge < -0.3 is 10.3 Å². The molecule has 16 heavy (non-hydrogen) atoms. The molecule has 1 aromatic carbocycles. The molecule has 1 aliphatic rings. The quantitative estimate of drug-likeness (QED) is 0.804. The molecule has 0 aliphatic heterocycles. The summed E-state index contributed by atoms with van der Waals surface area (Å²) in [7, 11) is 2.09. The van der Waals surface area contributed by atoms with E-state index in [2.05, 4.69) is 47.8 Å². The Morgan fingerprint density at radius 3 is 2.88 bits per heavy atom. The Labute approximate surface area is 96.1 Å². The van der Waals surface area contributed by atoms with E-state index in [4.69, 9.17) is 0 Å². The number of benzene rings is 1. The van der Waals surface area contributed by atoms with Gasteiger partial charge in [0.15, 0.2) is 0 Å². The van der Waals surface area contributed by atoms with Gasteiger partial charge in [-0.15, -0.1) is 0 Å². The van der Waals surface area contributed by atoms with Gasteiger partial charge in [-0.05, 0) is 44.4 Å². The molecule has 1 fully saturated rings. The van der Waals surface area contributed by atoms with Crippen LogP contribution < -0.4 is 5.32 Å². The number of rotatable bonds is 4. The third-order valence-electron chi connectivity index (χ3n) is 3.93. The molecule has 2 aromatic rings. The Bertz CT molecular complexity index is 494. The molecule has 0 radical (unpaired) electrons. The molecule has 84 valence electrons. The first-order valence-corrected chi connectivity index (χ1v) is 6.07. The molecule has 0 bridgehead atoms. The van der Waals surface area contributed by atoms with Crippen LogP contribution >= 0.6 is 0 Å². The predicted octanol–water partition coefficient (Wildman–Crippen LogP) is 2.85. The Morgan fingerprint density at radius 2 is 2.12 bits per heavy atom. The normalized spacial score (nSPS) is 17.8. The van der Waals surface area contributed by atoms with Crippen LogP contribution in [0, 0.1) is 0 Å². The maximum absolute atomic E-state index is 3.45. The monoisotopic (exact) mass is 214 g/mol. The number of H-pyrrole nitrogens is 1. The molecular formula is C14H18N2. The predicted molar refractivity (Wildman–Crippen MR) is 67.6 cm³/mol. The van der Waals surface area contributed by atoms with Crippen molar-refractivity contribution in [2.75, 3.05) is 7.05 Å². The van der Waals surface area contributed by atoms with Gasteiger partial charge in [-0.25, -0.2) is 0 Å². The number of aromatic nitrogens is 1. The number of hydrogen-bond acceptors (Lipinski definition) is 1. The standard InChI is InChI=1S/C14H18N2/c1-15-14(8-9-14)7-6-11-10-16-13-5-3-2-4-12(11)13/h2-5,10,15-16H,6-9H2,1H3. The minimum Gasteiger partial charge on any atom is -0.361 e. The van der Waals surface area contributed by atoms with Crippen molar-refractivity contribution in [2.24, 2.45) is 0 Å². The fourth-order valence-corrected chi connectivity index (χ4v) is 2.49. The van der Waals surface area contributed by atoms with E-state index in [-0.39, 0.29) is 0 Å².